The summed E-state index contributed by atoms with van der Waals surface area (Å²) >= 11 is 0. The lowest BCUT2D eigenvalue weighted by molar-refractivity contribution is -0.139. The summed E-state index contributed by atoms with van der Waals surface area (Å²) in [5.41, 5.74) is 2.26. The van der Waals surface area contributed by atoms with Gasteiger partial charge in [0.2, 0.25) is 5.91 Å². The molecule has 0 saturated carbocycles. The molecule has 0 spiro atoms. The highest BCUT2D eigenvalue weighted by molar-refractivity contribution is 5.93. The van der Waals surface area contributed by atoms with Crippen LogP contribution in [0.15, 0.2) is 78.5 Å². The van der Waals surface area contributed by atoms with Crippen LogP contribution < -0.4 is 5.32 Å². The van der Waals surface area contributed by atoms with Gasteiger partial charge in [0, 0.05) is 17.8 Å². The van der Waals surface area contributed by atoms with Gasteiger partial charge in [-0.05, 0) is 24.1 Å². The summed E-state index contributed by atoms with van der Waals surface area (Å²) in [7, 11) is 0. The lowest BCUT2D eigenvalue weighted by Crippen LogP contribution is -2.19. The normalized spacial score (nSPS) is 11.3. The van der Waals surface area contributed by atoms with E-state index >= 15 is 0 Å². The number of rotatable bonds is 6. The molecule has 0 fully saturated rings. The number of carbonyl (C=O) groups is 2. The Hall–Kier alpha value is -3.14. The lowest BCUT2D eigenvalue weighted by atomic mass is 10.2. The molecule has 24 heavy (non-hydrogen) atoms. The van der Waals surface area contributed by atoms with Gasteiger partial charge in [-0.2, -0.15) is 0 Å². The first-order valence-corrected chi connectivity index (χ1v) is 7.56. The van der Waals surface area contributed by atoms with Crippen LogP contribution in [0.1, 0.15) is 18.1 Å². The highest BCUT2D eigenvalue weighted by Gasteiger charge is 2.02. The number of ether oxygens (including phenoxy) is 1. The van der Waals surface area contributed by atoms with E-state index in [0.717, 1.165) is 11.1 Å². The van der Waals surface area contributed by atoms with Crippen molar-refractivity contribution in [1.82, 2.24) is 5.32 Å². The van der Waals surface area contributed by atoms with Crippen molar-refractivity contribution in [3.05, 3.63) is 89.6 Å². The van der Waals surface area contributed by atoms with Crippen LogP contribution in [0.2, 0.25) is 0 Å². The van der Waals surface area contributed by atoms with E-state index < -0.39 is 5.97 Å². The highest BCUT2D eigenvalue weighted by Crippen LogP contribution is 2.02. The van der Waals surface area contributed by atoms with Gasteiger partial charge in [0.25, 0.3) is 0 Å². The monoisotopic (exact) mass is 321 g/mol. The topological polar surface area (TPSA) is 55.4 Å². The molecule has 0 aliphatic heterocycles. The summed E-state index contributed by atoms with van der Waals surface area (Å²) in [4.78, 5) is 23.5. The molecular formula is C20H19NO3. The Morgan fingerprint density at radius 1 is 1.00 bits per heavy atom. The van der Waals surface area contributed by atoms with E-state index in [-0.39, 0.29) is 12.5 Å². The first kappa shape index (κ1) is 17.2. The summed E-state index contributed by atoms with van der Waals surface area (Å²) < 4.78 is 5.12. The van der Waals surface area contributed by atoms with Crippen LogP contribution in [0.25, 0.3) is 6.08 Å². The molecule has 4 nitrogen and oxygen atoms in total. The second-order valence-electron chi connectivity index (χ2n) is 5.15. The fourth-order valence-corrected chi connectivity index (χ4v) is 1.96. The first-order valence-electron chi connectivity index (χ1n) is 7.56. The summed E-state index contributed by atoms with van der Waals surface area (Å²) in [6, 6.07) is 18.9. The lowest BCUT2D eigenvalue weighted by Gasteiger charge is -2.04. The van der Waals surface area contributed by atoms with Crippen molar-refractivity contribution >= 4 is 18.0 Å². The van der Waals surface area contributed by atoms with Gasteiger partial charge in [0.15, 0.2) is 0 Å². The molecule has 4 heteroatoms. The number of benzene rings is 2. The minimum Gasteiger partial charge on any atom is -0.458 e. The molecule has 0 heterocycles. The van der Waals surface area contributed by atoms with Gasteiger partial charge >= 0.3 is 5.97 Å². The Morgan fingerprint density at radius 2 is 1.62 bits per heavy atom. The van der Waals surface area contributed by atoms with Crippen LogP contribution in [0, 0.1) is 0 Å². The Morgan fingerprint density at radius 3 is 2.29 bits per heavy atom. The molecule has 0 aliphatic rings. The van der Waals surface area contributed by atoms with Crippen molar-refractivity contribution in [3.8, 4) is 0 Å². The van der Waals surface area contributed by atoms with Gasteiger partial charge < -0.3 is 10.1 Å². The molecule has 1 N–H and O–H groups in total. The standard InChI is InChI=1S/C20H19NO3/c1-16(14-20(23)24-15-18-10-6-3-7-11-18)21-19(22)13-12-17-8-4-2-5-9-17/h2-14H,15H2,1H3,(H,21,22)/b13-12+,16-14+. The molecule has 0 aromatic heterocycles. The average molecular weight is 321 g/mol. The van der Waals surface area contributed by atoms with Crippen LogP contribution in [0.4, 0.5) is 0 Å². The van der Waals surface area contributed by atoms with Crippen molar-refractivity contribution in [2.24, 2.45) is 0 Å². The van der Waals surface area contributed by atoms with Gasteiger partial charge in [-0.15, -0.1) is 0 Å². The Bertz CT molecular complexity index is 734. The van der Waals surface area contributed by atoms with Crippen LogP contribution in [0.3, 0.4) is 0 Å². The van der Waals surface area contributed by atoms with E-state index in [1.54, 1.807) is 13.0 Å². The molecule has 0 atom stereocenters. The molecule has 122 valence electrons. The maximum atomic E-state index is 11.8. The third-order valence-electron chi connectivity index (χ3n) is 3.11. The maximum Gasteiger partial charge on any atom is 0.332 e. The molecule has 2 aromatic rings. The van der Waals surface area contributed by atoms with Gasteiger partial charge in [0.05, 0.1) is 0 Å². The Balaban J connectivity index is 1.81. The third-order valence-corrected chi connectivity index (χ3v) is 3.11. The fraction of sp³-hybridized carbons (Fsp3) is 0.100. The minimum absolute atomic E-state index is 0.200. The molecule has 2 aromatic carbocycles. The molecular weight excluding hydrogens is 302 g/mol. The molecule has 0 saturated heterocycles. The second kappa shape index (κ2) is 9.10. The maximum absolute atomic E-state index is 11.8. The van der Waals surface area contributed by atoms with E-state index in [0.29, 0.717) is 5.70 Å². The predicted octanol–water partition coefficient (Wildman–Crippen LogP) is 3.46. The van der Waals surface area contributed by atoms with Gasteiger partial charge in [-0.1, -0.05) is 60.7 Å². The van der Waals surface area contributed by atoms with Gasteiger partial charge in [-0.25, -0.2) is 4.79 Å². The highest BCUT2D eigenvalue weighted by atomic mass is 16.5. The molecule has 0 bridgehead atoms. The van der Waals surface area contributed by atoms with Crippen LogP contribution in [-0.4, -0.2) is 11.9 Å². The first-order chi connectivity index (χ1) is 11.6. The smallest absolute Gasteiger partial charge is 0.332 e. The summed E-state index contributed by atoms with van der Waals surface area (Å²) in [5, 5.41) is 2.61. The number of nitrogens with one attached hydrogen (secondary N) is 1. The van der Waals surface area contributed by atoms with Crippen molar-refractivity contribution in [2.45, 2.75) is 13.5 Å². The fourth-order valence-electron chi connectivity index (χ4n) is 1.96. The number of hydrogen-bond donors (Lipinski definition) is 1. The number of esters is 1. The molecule has 0 radical (unpaired) electrons. The minimum atomic E-state index is -0.497. The number of hydrogen-bond acceptors (Lipinski definition) is 3. The Labute approximate surface area is 141 Å². The van der Waals surface area contributed by atoms with Crippen molar-refractivity contribution in [2.75, 3.05) is 0 Å². The molecule has 1 amide bonds. The zero-order valence-corrected chi connectivity index (χ0v) is 13.4. The molecule has 0 unspecified atom stereocenters. The zero-order chi connectivity index (χ0) is 17.2. The van der Waals surface area contributed by atoms with E-state index in [9.17, 15) is 9.59 Å². The van der Waals surface area contributed by atoms with E-state index in [1.807, 2.05) is 60.7 Å². The van der Waals surface area contributed by atoms with Gasteiger partial charge in [0.1, 0.15) is 6.61 Å². The predicted molar refractivity (Wildman–Crippen MR) is 93.6 cm³/mol. The second-order valence-corrected chi connectivity index (χ2v) is 5.15. The number of allylic oxidation sites excluding steroid dienone is 1. The quantitative estimate of drug-likeness (QED) is 0.655. The van der Waals surface area contributed by atoms with Crippen LogP contribution >= 0.6 is 0 Å². The van der Waals surface area contributed by atoms with Crippen LogP contribution in [0.5, 0.6) is 0 Å². The SMILES string of the molecule is C/C(=C\C(=O)OCc1ccccc1)NC(=O)/C=C/c1ccccc1. The van der Waals surface area contributed by atoms with Gasteiger partial charge in [-0.3, -0.25) is 4.79 Å². The summed E-state index contributed by atoms with van der Waals surface area (Å²) in [6.45, 7) is 1.84. The summed E-state index contributed by atoms with van der Waals surface area (Å²) in [6.07, 6.45) is 4.38. The molecule has 2 rings (SSSR count). The number of carbonyl (C=O) groups excluding carboxylic acids is 2. The Kier molecular flexibility index (Phi) is 6.53. The van der Waals surface area contributed by atoms with Crippen LogP contribution in [-0.2, 0) is 20.9 Å². The third kappa shape index (κ3) is 6.32. The molecule has 0 aliphatic carbocycles. The average Bonchev–Trinajstić information content (AvgIpc) is 2.60. The van der Waals surface area contributed by atoms with E-state index in [4.69, 9.17) is 4.74 Å². The van der Waals surface area contributed by atoms with E-state index in [1.165, 1.54) is 12.2 Å². The van der Waals surface area contributed by atoms with Crippen molar-refractivity contribution in [3.63, 3.8) is 0 Å². The number of amides is 1. The largest absolute Gasteiger partial charge is 0.458 e. The van der Waals surface area contributed by atoms with E-state index in [2.05, 4.69) is 5.32 Å². The summed E-state index contributed by atoms with van der Waals surface area (Å²) in [5.74, 6) is -0.799. The zero-order valence-electron chi connectivity index (χ0n) is 13.4. The van der Waals surface area contributed by atoms with Crippen molar-refractivity contribution in [1.29, 1.82) is 0 Å². The van der Waals surface area contributed by atoms with Crippen molar-refractivity contribution < 1.29 is 14.3 Å².